The molecule has 0 saturated carbocycles. The Hall–Kier alpha value is -3.26. The van der Waals surface area contributed by atoms with Gasteiger partial charge in [-0.05, 0) is 62.6 Å². The highest BCUT2D eigenvalue weighted by atomic mass is 35.5. The second-order valence-corrected chi connectivity index (χ2v) is 8.23. The first kappa shape index (κ1) is 25.4. The average molecular weight is 489 g/mol. The summed E-state index contributed by atoms with van der Waals surface area (Å²) in [5, 5.41) is 3.60. The average Bonchev–Trinajstić information content (AvgIpc) is 2.83. The van der Waals surface area contributed by atoms with Gasteiger partial charge in [0.15, 0.2) is 0 Å². The molecular formula is C25H29ClN2O6. The van der Waals surface area contributed by atoms with Crippen molar-refractivity contribution in [3.05, 3.63) is 59.1 Å². The minimum absolute atomic E-state index is 0.0234. The summed E-state index contributed by atoms with van der Waals surface area (Å²) < 4.78 is 15.3. The van der Waals surface area contributed by atoms with Crippen LogP contribution in [0.5, 0.6) is 11.5 Å². The Labute approximate surface area is 204 Å². The second-order valence-electron chi connectivity index (χ2n) is 7.83. The molecule has 1 fully saturated rings. The highest BCUT2D eigenvalue weighted by Gasteiger charge is 2.24. The SMILES string of the molecule is CCOC(=O)Oc1ccc(C(=O)N2CCC(NC(=O)CCCOc3ccccc3Cl)CC2)cc1. The highest BCUT2D eigenvalue weighted by molar-refractivity contribution is 6.32. The van der Waals surface area contributed by atoms with E-state index in [1.165, 1.54) is 0 Å². The normalized spacial score (nSPS) is 13.8. The van der Waals surface area contributed by atoms with Gasteiger partial charge in [-0.25, -0.2) is 4.79 Å². The largest absolute Gasteiger partial charge is 0.513 e. The number of carbonyl (C=O) groups excluding carboxylic acids is 3. The summed E-state index contributed by atoms with van der Waals surface area (Å²) >= 11 is 6.05. The van der Waals surface area contributed by atoms with Gasteiger partial charge < -0.3 is 24.4 Å². The molecule has 1 N–H and O–H groups in total. The first-order valence-corrected chi connectivity index (χ1v) is 11.7. The van der Waals surface area contributed by atoms with Gasteiger partial charge in [0.05, 0.1) is 18.2 Å². The number of nitrogens with zero attached hydrogens (tertiary/aromatic N) is 1. The molecule has 0 aliphatic carbocycles. The van der Waals surface area contributed by atoms with E-state index in [0.717, 1.165) is 0 Å². The van der Waals surface area contributed by atoms with Crippen LogP contribution < -0.4 is 14.8 Å². The van der Waals surface area contributed by atoms with Gasteiger partial charge in [-0.3, -0.25) is 9.59 Å². The fourth-order valence-corrected chi connectivity index (χ4v) is 3.79. The highest BCUT2D eigenvalue weighted by Crippen LogP contribution is 2.23. The fourth-order valence-electron chi connectivity index (χ4n) is 3.60. The van der Waals surface area contributed by atoms with Crippen molar-refractivity contribution in [2.45, 2.75) is 38.6 Å². The van der Waals surface area contributed by atoms with Crippen LogP contribution in [0.2, 0.25) is 5.02 Å². The van der Waals surface area contributed by atoms with Gasteiger partial charge >= 0.3 is 6.16 Å². The molecule has 1 heterocycles. The van der Waals surface area contributed by atoms with Crippen LogP contribution in [0.4, 0.5) is 4.79 Å². The van der Waals surface area contributed by atoms with Crippen LogP contribution >= 0.6 is 11.6 Å². The lowest BCUT2D eigenvalue weighted by molar-refractivity contribution is -0.122. The van der Waals surface area contributed by atoms with Gasteiger partial charge in [0.1, 0.15) is 11.5 Å². The van der Waals surface area contributed by atoms with Crippen molar-refractivity contribution in [1.29, 1.82) is 0 Å². The number of ether oxygens (including phenoxy) is 3. The summed E-state index contributed by atoms with van der Waals surface area (Å²) in [4.78, 5) is 38.2. The maximum Gasteiger partial charge on any atom is 0.513 e. The van der Waals surface area contributed by atoms with Crippen molar-refractivity contribution >= 4 is 29.6 Å². The third kappa shape index (κ3) is 7.66. The molecule has 2 amide bonds. The van der Waals surface area contributed by atoms with E-state index in [1.54, 1.807) is 48.2 Å². The predicted octanol–water partition coefficient (Wildman–Crippen LogP) is 4.46. The van der Waals surface area contributed by atoms with Crippen LogP contribution in [-0.4, -0.2) is 55.2 Å². The lowest BCUT2D eigenvalue weighted by Gasteiger charge is -2.32. The zero-order valence-electron chi connectivity index (χ0n) is 19.1. The quantitative estimate of drug-likeness (QED) is 0.318. The minimum atomic E-state index is -0.779. The molecule has 0 spiro atoms. The van der Waals surface area contributed by atoms with Gasteiger partial charge in [0.2, 0.25) is 5.91 Å². The van der Waals surface area contributed by atoms with Crippen LogP contribution in [-0.2, 0) is 9.53 Å². The maximum absolute atomic E-state index is 12.8. The third-order valence-corrected chi connectivity index (χ3v) is 5.67. The number of benzene rings is 2. The van der Waals surface area contributed by atoms with E-state index in [1.807, 2.05) is 12.1 Å². The van der Waals surface area contributed by atoms with E-state index in [9.17, 15) is 14.4 Å². The number of nitrogens with one attached hydrogen (secondary N) is 1. The molecule has 0 bridgehead atoms. The van der Waals surface area contributed by atoms with Gasteiger partial charge in [-0.1, -0.05) is 23.7 Å². The molecule has 182 valence electrons. The second kappa shape index (κ2) is 12.8. The molecule has 9 heteroatoms. The van der Waals surface area contributed by atoms with E-state index in [4.69, 9.17) is 25.8 Å². The topological polar surface area (TPSA) is 94.2 Å². The number of rotatable bonds is 9. The molecule has 1 saturated heterocycles. The van der Waals surface area contributed by atoms with E-state index < -0.39 is 6.16 Å². The van der Waals surface area contributed by atoms with Crippen molar-refractivity contribution in [3.63, 3.8) is 0 Å². The Morgan fingerprint density at radius 1 is 1.06 bits per heavy atom. The molecule has 34 heavy (non-hydrogen) atoms. The molecule has 1 aliphatic heterocycles. The molecule has 0 aromatic heterocycles. The predicted molar refractivity (Wildman–Crippen MR) is 127 cm³/mol. The van der Waals surface area contributed by atoms with Crippen LogP contribution in [0.25, 0.3) is 0 Å². The van der Waals surface area contributed by atoms with Crippen molar-refractivity contribution < 1.29 is 28.6 Å². The summed E-state index contributed by atoms with van der Waals surface area (Å²) in [7, 11) is 0. The molecule has 0 radical (unpaired) electrons. The summed E-state index contributed by atoms with van der Waals surface area (Å²) in [6.07, 6.45) is 1.56. The molecule has 8 nitrogen and oxygen atoms in total. The fraction of sp³-hybridized carbons (Fsp3) is 0.400. The van der Waals surface area contributed by atoms with Crippen LogP contribution in [0, 0.1) is 0 Å². The molecule has 1 aliphatic rings. The number of carbonyl (C=O) groups is 3. The zero-order valence-corrected chi connectivity index (χ0v) is 19.9. The Bertz CT molecular complexity index is 974. The van der Waals surface area contributed by atoms with Crippen molar-refractivity contribution in [2.75, 3.05) is 26.3 Å². The lowest BCUT2D eigenvalue weighted by Crippen LogP contribution is -2.46. The smallest absolute Gasteiger partial charge is 0.492 e. The number of halogens is 1. The van der Waals surface area contributed by atoms with Crippen molar-refractivity contribution in [2.24, 2.45) is 0 Å². The summed E-state index contributed by atoms with van der Waals surface area (Å²) in [5.41, 5.74) is 0.511. The van der Waals surface area contributed by atoms with Gasteiger partial charge in [0, 0.05) is 31.1 Å². The third-order valence-electron chi connectivity index (χ3n) is 5.35. The van der Waals surface area contributed by atoms with E-state index in [0.29, 0.717) is 67.5 Å². The number of amides is 2. The van der Waals surface area contributed by atoms with Crippen molar-refractivity contribution in [1.82, 2.24) is 10.2 Å². The molecule has 3 rings (SSSR count). The van der Waals surface area contributed by atoms with Crippen LogP contribution in [0.1, 0.15) is 43.0 Å². The Balaban J connectivity index is 1.35. The Kier molecular flexibility index (Phi) is 9.58. The monoisotopic (exact) mass is 488 g/mol. The maximum atomic E-state index is 12.8. The zero-order chi connectivity index (χ0) is 24.3. The van der Waals surface area contributed by atoms with Gasteiger partial charge in [0.25, 0.3) is 5.91 Å². The number of para-hydroxylation sites is 1. The lowest BCUT2D eigenvalue weighted by atomic mass is 10.0. The van der Waals surface area contributed by atoms with E-state index in [2.05, 4.69) is 5.32 Å². The van der Waals surface area contributed by atoms with Gasteiger partial charge in [-0.15, -0.1) is 0 Å². The summed E-state index contributed by atoms with van der Waals surface area (Å²) in [5.74, 6) is 0.811. The van der Waals surface area contributed by atoms with E-state index in [-0.39, 0.29) is 24.5 Å². The minimum Gasteiger partial charge on any atom is -0.492 e. The number of hydrogen-bond donors (Lipinski definition) is 1. The molecule has 0 unspecified atom stereocenters. The summed E-state index contributed by atoms with van der Waals surface area (Å²) in [6.45, 7) is 3.44. The van der Waals surface area contributed by atoms with Crippen molar-refractivity contribution in [3.8, 4) is 11.5 Å². The van der Waals surface area contributed by atoms with Crippen LogP contribution in [0.3, 0.4) is 0 Å². The number of likely N-dealkylation sites (tertiary alicyclic amines) is 1. The molecule has 0 atom stereocenters. The first-order chi connectivity index (χ1) is 16.5. The summed E-state index contributed by atoms with van der Waals surface area (Å²) in [6, 6.07) is 13.6. The Morgan fingerprint density at radius 2 is 1.76 bits per heavy atom. The van der Waals surface area contributed by atoms with Gasteiger partial charge in [-0.2, -0.15) is 0 Å². The standard InChI is InChI=1S/C25H29ClN2O6/c1-2-32-25(31)34-20-11-9-18(10-12-20)24(30)28-15-13-19(14-16-28)27-23(29)8-5-17-33-22-7-4-3-6-21(22)26/h3-4,6-7,9-12,19H,2,5,8,13-17H2,1H3,(H,27,29). The van der Waals surface area contributed by atoms with Crippen LogP contribution in [0.15, 0.2) is 48.5 Å². The molecule has 2 aromatic carbocycles. The Morgan fingerprint density at radius 3 is 2.44 bits per heavy atom. The first-order valence-electron chi connectivity index (χ1n) is 11.4. The molecular weight excluding hydrogens is 460 g/mol. The number of hydrogen-bond acceptors (Lipinski definition) is 6. The van der Waals surface area contributed by atoms with E-state index >= 15 is 0 Å². The number of piperidine rings is 1. The molecule has 2 aromatic rings.